The van der Waals surface area contributed by atoms with Gasteiger partial charge in [0.25, 0.3) is 5.91 Å². The number of carbonyl (C=O) groups is 1. The van der Waals surface area contributed by atoms with Gasteiger partial charge >= 0.3 is 0 Å². The Morgan fingerprint density at radius 3 is 2.84 bits per heavy atom. The van der Waals surface area contributed by atoms with E-state index < -0.39 is 11.3 Å². The molecule has 0 saturated heterocycles. The van der Waals surface area contributed by atoms with E-state index in [4.69, 9.17) is 0 Å². The van der Waals surface area contributed by atoms with Crippen LogP contribution in [0.1, 0.15) is 34.7 Å². The third kappa shape index (κ3) is 3.87. The van der Waals surface area contributed by atoms with Crippen LogP contribution in [0.15, 0.2) is 59.9 Å². The molecule has 5 rings (SSSR count). The van der Waals surface area contributed by atoms with Gasteiger partial charge in [-0.3, -0.25) is 14.8 Å². The molecule has 1 amide bonds. The molecule has 0 atom stereocenters. The van der Waals surface area contributed by atoms with Crippen LogP contribution < -0.4 is 15.5 Å². The van der Waals surface area contributed by atoms with E-state index in [9.17, 15) is 14.8 Å². The molecule has 1 aliphatic carbocycles. The lowest BCUT2D eigenvalue weighted by molar-refractivity contribution is -0.904. The highest BCUT2D eigenvalue weighted by atomic mass is 16.5. The predicted molar refractivity (Wildman–Crippen MR) is 111 cm³/mol. The zero-order valence-corrected chi connectivity index (χ0v) is 16.6. The Morgan fingerprint density at radius 2 is 2.03 bits per heavy atom. The summed E-state index contributed by atoms with van der Waals surface area (Å²) >= 11 is 0. The number of rotatable bonds is 3. The molecule has 1 saturated carbocycles. The highest BCUT2D eigenvalue weighted by molar-refractivity contribution is 5.95. The number of pyridine rings is 2. The van der Waals surface area contributed by atoms with Gasteiger partial charge in [-0.1, -0.05) is 5.92 Å². The van der Waals surface area contributed by atoms with E-state index in [1.165, 1.54) is 29.5 Å². The maximum absolute atomic E-state index is 12.9. The second-order valence-corrected chi connectivity index (χ2v) is 7.17. The van der Waals surface area contributed by atoms with Crippen LogP contribution >= 0.6 is 0 Å². The molecule has 0 unspecified atom stereocenters. The zero-order chi connectivity index (χ0) is 22.1. The van der Waals surface area contributed by atoms with Gasteiger partial charge in [0.2, 0.25) is 23.6 Å². The summed E-state index contributed by atoms with van der Waals surface area (Å²) in [5, 5.41) is 16.8. The molecular weight excluding hydrogens is 410 g/mol. The number of nitrogens with one attached hydrogen (secondary N) is 1. The van der Waals surface area contributed by atoms with E-state index in [1.807, 2.05) is 0 Å². The zero-order valence-electron chi connectivity index (χ0n) is 16.6. The van der Waals surface area contributed by atoms with Crippen molar-refractivity contribution in [3.05, 3.63) is 82.4 Å². The minimum atomic E-state index is -0.521. The summed E-state index contributed by atoms with van der Waals surface area (Å²) in [5.74, 6) is 5.68. The van der Waals surface area contributed by atoms with Crippen molar-refractivity contribution >= 4 is 16.9 Å². The number of hydrogen-bond donors (Lipinski definition) is 2. The van der Waals surface area contributed by atoms with Crippen LogP contribution in [-0.2, 0) is 0 Å². The molecule has 0 aliphatic heterocycles. The van der Waals surface area contributed by atoms with Gasteiger partial charge in [0.1, 0.15) is 0 Å². The Hall–Kier alpha value is -4.65. The van der Waals surface area contributed by atoms with E-state index in [2.05, 4.69) is 37.2 Å². The van der Waals surface area contributed by atoms with Gasteiger partial charge < -0.3 is 5.32 Å². The maximum atomic E-state index is 12.9. The fourth-order valence-electron chi connectivity index (χ4n) is 3.05. The molecule has 0 radical (unpaired) electrons. The van der Waals surface area contributed by atoms with Crippen molar-refractivity contribution in [3.63, 3.8) is 0 Å². The Morgan fingerprint density at radius 1 is 1.16 bits per heavy atom. The number of amides is 1. The van der Waals surface area contributed by atoms with Crippen molar-refractivity contribution in [1.82, 2.24) is 30.0 Å². The van der Waals surface area contributed by atoms with Crippen LogP contribution in [0.3, 0.4) is 0 Å². The molecule has 32 heavy (non-hydrogen) atoms. The minimum Gasteiger partial charge on any atom is -0.348 e. The molecule has 0 aromatic carbocycles. The first-order valence-corrected chi connectivity index (χ1v) is 9.83. The highest BCUT2D eigenvalue weighted by Crippen LogP contribution is 2.19. The van der Waals surface area contributed by atoms with E-state index in [0.717, 1.165) is 17.6 Å². The van der Waals surface area contributed by atoms with Crippen LogP contribution in [0, 0.1) is 11.8 Å². The van der Waals surface area contributed by atoms with Gasteiger partial charge in [0.15, 0.2) is 17.2 Å². The average Bonchev–Trinajstić information content (AvgIpc) is 3.62. The van der Waals surface area contributed by atoms with Crippen molar-refractivity contribution in [2.24, 2.45) is 0 Å². The fourth-order valence-corrected chi connectivity index (χ4v) is 3.05. The Bertz CT molecular complexity index is 1480. The summed E-state index contributed by atoms with van der Waals surface area (Å²) in [6.07, 6.45) is 7.73. The number of hydrogen-bond acceptors (Lipinski definition) is 7. The molecule has 10 heteroatoms. The summed E-state index contributed by atoms with van der Waals surface area (Å²) in [4.78, 5) is 38.3. The lowest BCUT2D eigenvalue weighted by atomic mass is 10.2. The first-order chi connectivity index (χ1) is 15.6. The van der Waals surface area contributed by atoms with Crippen LogP contribution in [0.4, 0.5) is 0 Å². The smallest absolute Gasteiger partial charge is 0.276 e. The SMILES string of the molecule is O=C(NC1CC1)c1nn(-c2ccnc(C#Cc3ccc[n+](O)c3)n2)c2ncccc2c1=O. The maximum Gasteiger partial charge on any atom is 0.276 e. The minimum absolute atomic E-state index is 0.0817. The van der Waals surface area contributed by atoms with Crippen molar-refractivity contribution in [1.29, 1.82) is 0 Å². The molecule has 4 aromatic rings. The summed E-state index contributed by atoms with van der Waals surface area (Å²) in [7, 11) is 0. The Balaban J connectivity index is 1.60. The summed E-state index contributed by atoms with van der Waals surface area (Å²) < 4.78 is 2.24. The van der Waals surface area contributed by atoms with Crippen molar-refractivity contribution < 1.29 is 14.7 Å². The topological polar surface area (TPSA) is 127 Å². The lowest BCUT2D eigenvalue weighted by Crippen LogP contribution is -2.33. The van der Waals surface area contributed by atoms with Gasteiger partial charge in [0.05, 0.1) is 10.9 Å². The molecule has 1 aliphatic rings. The molecule has 2 N–H and O–H groups in total. The van der Waals surface area contributed by atoms with Crippen LogP contribution in [0.5, 0.6) is 0 Å². The number of nitrogens with zero attached hydrogens (tertiary/aromatic N) is 6. The van der Waals surface area contributed by atoms with Gasteiger partial charge in [-0.2, -0.15) is 9.78 Å². The van der Waals surface area contributed by atoms with Crippen molar-refractivity contribution in [2.45, 2.75) is 18.9 Å². The third-order valence-corrected chi connectivity index (χ3v) is 4.74. The Kier molecular flexibility index (Phi) is 4.76. The summed E-state index contributed by atoms with van der Waals surface area (Å²) in [6.45, 7) is 0. The second kappa shape index (κ2) is 7.88. The van der Waals surface area contributed by atoms with E-state index in [0.29, 0.717) is 11.4 Å². The summed E-state index contributed by atoms with van der Waals surface area (Å²) in [6, 6.07) is 8.27. The van der Waals surface area contributed by atoms with Gasteiger partial charge in [-0.15, -0.1) is 0 Å². The summed E-state index contributed by atoms with van der Waals surface area (Å²) in [5.41, 5.74) is 0.123. The molecule has 10 nitrogen and oxygen atoms in total. The van der Waals surface area contributed by atoms with Gasteiger partial charge in [-0.05, 0) is 37.0 Å². The van der Waals surface area contributed by atoms with E-state index in [-0.39, 0.29) is 28.6 Å². The normalized spacial score (nSPS) is 12.8. The quantitative estimate of drug-likeness (QED) is 0.276. The van der Waals surface area contributed by atoms with Crippen LogP contribution in [-0.4, -0.2) is 41.9 Å². The third-order valence-electron chi connectivity index (χ3n) is 4.74. The molecular formula is C22H16N7O3+. The van der Waals surface area contributed by atoms with Gasteiger partial charge in [0, 0.05) is 35.3 Å². The van der Waals surface area contributed by atoms with Crippen LogP contribution in [0.2, 0.25) is 0 Å². The number of carbonyl (C=O) groups excluding carboxylic acids is 1. The molecule has 4 heterocycles. The second-order valence-electron chi connectivity index (χ2n) is 7.17. The first kappa shape index (κ1) is 19.3. The number of aromatic nitrogens is 6. The van der Waals surface area contributed by atoms with Gasteiger partial charge in [-0.25, -0.2) is 15.0 Å². The van der Waals surface area contributed by atoms with E-state index in [1.54, 1.807) is 30.3 Å². The van der Waals surface area contributed by atoms with Crippen molar-refractivity contribution in [2.75, 3.05) is 0 Å². The van der Waals surface area contributed by atoms with Crippen molar-refractivity contribution in [3.8, 4) is 17.7 Å². The van der Waals surface area contributed by atoms with Crippen LogP contribution in [0.25, 0.3) is 16.9 Å². The van der Waals surface area contributed by atoms with E-state index >= 15 is 0 Å². The molecule has 0 spiro atoms. The molecule has 1 fully saturated rings. The largest absolute Gasteiger partial charge is 0.348 e. The lowest BCUT2D eigenvalue weighted by Gasteiger charge is -2.10. The number of fused-ring (bicyclic) bond motifs is 1. The molecule has 4 aromatic heterocycles. The Labute approximate surface area is 181 Å². The standard InChI is InChI=1S/C22H15N7O3/c30-20-16-4-1-10-24-21(16)29(27-19(20)22(31)25-15-6-7-15)18-9-11-23-17(26-18)8-5-14-3-2-12-28(32)13-14/h1-4,9-13,15H,6-7H2,(H-,25,31,32)/p+1. The fraction of sp³-hybridized carbons (Fsp3) is 0.136. The monoisotopic (exact) mass is 426 g/mol. The predicted octanol–water partition coefficient (Wildman–Crippen LogP) is 0.387. The first-order valence-electron chi connectivity index (χ1n) is 9.83. The molecule has 0 bridgehead atoms. The molecule has 156 valence electrons. The average molecular weight is 426 g/mol. The highest BCUT2D eigenvalue weighted by Gasteiger charge is 2.27.